The van der Waals surface area contributed by atoms with Gasteiger partial charge in [-0.05, 0) is 5.56 Å². The molecule has 1 unspecified atom stereocenters. The van der Waals surface area contributed by atoms with Crippen LogP contribution in [0.4, 0.5) is 0 Å². The maximum Gasteiger partial charge on any atom is 0.180 e. The molecule has 2 rings (SSSR count). The topological polar surface area (TPSA) is 34.1 Å². The Hall–Kier alpha value is -1.74. The number of ketones is 1. The molecule has 0 heterocycles. The molecule has 2 nitrogen and oxygen atoms in total. The van der Waals surface area contributed by atoms with Gasteiger partial charge in [-0.2, -0.15) is 0 Å². The van der Waals surface area contributed by atoms with Crippen molar-refractivity contribution in [3.8, 4) is 0 Å². The molecule has 1 atom stereocenters. The van der Waals surface area contributed by atoms with Gasteiger partial charge in [-0.15, -0.1) is 0 Å². The highest BCUT2D eigenvalue weighted by molar-refractivity contribution is 9.09. The Morgan fingerprint density at radius 1 is 1.00 bits per heavy atom. The molecule has 2 aromatic rings. The smallest absolute Gasteiger partial charge is 0.180 e. The molecule has 0 fully saturated rings. The van der Waals surface area contributed by atoms with E-state index in [-0.39, 0.29) is 10.6 Å². The lowest BCUT2D eigenvalue weighted by molar-refractivity contribution is 0.0991. The van der Waals surface area contributed by atoms with Crippen LogP contribution in [0.3, 0.4) is 0 Å². The van der Waals surface area contributed by atoms with Crippen molar-refractivity contribution in [2.75, 3.05) is 0 Å². The van der Waals surface area contributed by atoms with Crippen molar-refractivity contribution in [2.24, 2.45) is 0 Å². The van der Waals surface area contributed by atoms with E-state index in [0.717, 1.165) is 11.8 Å². The Bertz CT molecular complexity index is 546. The Morgan fingerprint density at radius 3 is 2.17 bits per heavy atom. The molecule has 0 saturated carbocycles. The second kappa shape index (κ2) is 5.74. The predicted molar refractivity (Wildman–Crippen MR) is 74.3 cm³/mol. The quantitative estimate of drug-likeness (QED) is 0.489. The highest BCUT2D eigenvalue weighted by Crippen LogP contribution is 2.27. The molecule has 0 spiro atoms. The van der Waals surface area contributed by atoms with Gasteiger partial charge in [0.25, 0.3) is 0 Å². The molecule has 0 bridgehead atoms. The van der Waals surface area contributed by atoms with Crippen molar-refractivity contribution in [3.05, 3.63) is 71.3 Å². The van der Waals surface area contributed by atoms with Crippen molar-refractivity contribution in [3.63, 3.8) is 0 Å². The number of hydrogen-bond donors (Lipinski definition) is 0. The molecule has 0 aromatic heterocycles. The summed E-state index contributed by atoms with van der Waals surface area (Å²) in [6.45, 7) is 0. The van der Waals surface area contributed by atoms with Gasteiger partial charge < -0.3 is 0 Å². The van der Waals surface area contributed by atoms with Gasteiger partial charge in [-0.25, -0.2) is 0 Å². The van der Waals surface area contributed by atoms with Crippen molar-refractivity contribution >= 4 is 28.0 Å². The van der Waals surface area contributed by atoms with E-state index in [1.54, 1.807) is 36.4 Å². The molecule has 0 N–H and O–H groups in total. The van der Waals surface area contributed by atoms with Crippen LogP contribution < -0.4 is 0 Å². The minimum atomic E-state index is -0.388. The standard InChI is InChI=1S/C15H11BrO2/c16-14(12-8-6-11(10-17)7-9-12)15(18)13-4-2-1-3-5-13/h1-10,14H. The fourth-order valence-corrected chi connectivity index (χ4v) is 2.21. The fraction of sp³-hybridized carbons (Fsp3) is 0.0667. The number of carbonyl (C=O) groups is 2. The van der Waals surface area contributed by atoms with Crippen LogP contribution in [0.1, 0.15) is 31.1 Å². The summed E-state index contributed by atoms with van der Waals surface area (Å²) in [6, 6.07) is 16.1. The number of halogens is 1. The number of Topliss-reactive ketones (excluding diaryl/α,β-unsaturated/α-hetero) is 1. The maximum absolute atomic E-state index is 12.2. The average molecular weight is 303 g/mol. The Balaban J connectivity index is 2.22. The number of aldehydes is 1. The van der Waals surface area contributed by atoms with Gasteiger partial charge in [0, 0.05) is 11.1 Å². The van der Waals surface area contributed by atoms with E-state index in [1.807, 2.05) is 18.2 Å². The van der Waals surface area contributed by atoms with Crippen LogP contribution in [-0.2, 0) is 0 Å². The number of benzene rings is 2. The maximum atomic E-state index is 12.2. The van der Waals surface area contributed by atoms with Crippen molar-refractivity contribution in [1.29, 1.82) is 0 Å². The number of rotatable bonds is 4. The Kier molecular flexibility index (Phi) is 4.05. The zero-order valence-corrected chi connectivity index (χ0v) is 11.1. The summed E-state index contributed by atoms with van der Waals surface area (Å²) in [4.78, 5) is 22.4. The first-order chi connectivity index (χ1) is 8.72. The monoisotopic (exact) mass is 302 g/mol. The lowest BCUT2D eigenvalue weighted by Crippen LogP contribution is -2.06. The highest BCUT2D eigenvalue weighted by atomic mass is 79.9. The first-order valence-electron chi connectivity index (χ1n) is 5.51. The fourth-order valence-electron chi connectivity index (χ4n) is 1.64. The van der Waals surface area contributed by atoms with Crippen molar-refractivity contribution in [1.82, 2.24) is 0 Å². The largest absolute Gasteiger partial charge is 0.298 e. The zero-order chi connectivity index (χ0) is 13.0. The second-order valence-corrected chi connectivity index (χ2v) is 4.79. The van der Waals surface area contributed by atoms with Crippen LogP contribution in [0, 0.1) is 0 Å². The van der Waals surface area contributed by atoms with E-state index in [9.17, 15) is 9.59 Å². The van der Waals surface area contributed by atoms with Crippen LogP contribution in [-0.4, -0.2) is 12.1 Å². The number of carbonyl (C=O) groups excluding carboxylic acids is 2. The number of alkyl halides is 1. The Labute approximate surface area is 114 Å². The second-order valence-electron chi connectivity index (χ2n) is 3.88. The minimum absolute atomic E-state index is 0.00875. The summed E-state index contributed by atoms with van der Waals surface area (Å²) in [7, 11) is 0. The van der Waals surface area contributed by atoms with Crippen molar-refractivity contribution in [2.45, 2.75) is 4.83 Å². The van der Waals surface area contributed by atoms with Crippen LogP contribution in [0.5, 0.6) is 0 Å². The summed E-state index contributed by atoms with van der Waals surface area (Å²) in [5, 5.41) is 0. The van der Waals surface area contributed by atoms with Gasteiger partial charge >= 0.3 is 0 Å². The first kappa shape index (κ1) is 12.7. The van der Waals surface area contributed by atoms with Crippen LogP contribution in [0.15, 0.2) is 54.6 Å². The third-order valence-electron chi connectivity index (χ3n) is 2.65. The van der Waals surface area contributed by atoms with E-state index in [4.69, 9.17) is 0 Å². The molecule has 90 valence electrons. The van der Waals surface area contributed by atoms with E-state index in [1.165, 1.54) is 0 Å². The molecular weight excluding hydrogens is 292 g/mol. The summed E-state index contributed by atoms with van der Waals surface area (Å²) >= 11 is 3.40. The molecule has 3 heteroatoms. The lowest BCUT2D eigenvalue weighted by Gasteiger charge is -2.09. The van der Waals surface area contributed by atoms with E-state index < -0.39 is 0 Å². The third kappa shape index (κ3) is 2.74. The lowest BCUT2D eigenvalue weighted by atomic mass is 10.0. The molecule has 0 radical (unpaired) electrons. The average Bonchev–Trinajstić information content (AvgIpc) is 2.47. The summed E-state index contributed by atoms with van der Waals surface area (Å²) < 4.78 is 0. The van der Waals surface area contributed by atoms with Gasteiger partial charge in [0.05, 0.1) is 0 Å². The van der Waals surface area contributed by atoms with Gasteiger partial charge in [-0.3, -0.25) is 9.59 Å². The summed E-state index contributed by atoms with van der Waals surface area (Å²) in [6.07, 6.45) is 0.784. The molecule has 0 aliphatic rings. The van der Waals surface area contributed by atoms with Gasteiger partial charge in [0.15, 0.2) is 5.78 Å². The minimum Gasteiger partial charge on any atom is -0.298 e. The summed E-state index contributed by atoms with van der Waals surface area (Å²) in [5.74, 6) is 0.00875. The van der Waals surface area contributed by atoms with Crippen LogP contribution in [0.25, 0.3) is 0 Å². The normalized spacial score (nSPS) is 11.8. The van der Waals surface area contributed by atoms with Gasteiger partial charge in [0.1, 0.15) is 11.1 Å². The molecular formula is C15H11BrO2. The molecule has 0 saturated heterocycles. The zero-order valence-electron chi connectivity index (χ0n) is 9.55. The predicted octanol–water partition coefficient (Wildman–Crippen LogP) is 3.82. The number of hydrogen-bond acceptors (Lipinski definition) is 2. The van der Waals surface area contributed by atoms with Crippen molar-refractivity contribution < 1.29 is 9.59 Å². The summed E-state index contributed by atoms with van der Waals surface area (Å²) in [5.41, 5.74) is 2.11. The first-order valence-corrected chi connectivity index (χ1v) is 6.42. The highest BCUT2D eigenvalue weighted by Gasteiger charge is 2.18. The third-order valence-corrected chi connectivity index (χ3v) is 3.60. The SMILES string of the molecule is O=Cc1ccc(C(Br)C(=O)c2ccccc2)cc1. The Morgan fingerprint density at radius 2 is 1.61 bits per heavy atom. The van der Waals surface area contributed by atoms with E-state index >= 15 is 0 Å². The molecule has 0 aliphatic carbocycles. The molecule has 0 amide bonds. The molecule has 2 aromatic carbocycles. The molecule has 0 aliphatic heterocycles. The van der Waals surface area contributed by atoms with Crippen LogP contribution in [0.2, 0.25) is 0 Å². The molecule has 18 heavy (non-hydrogen) atoms. The van der Waals surface area contributed by atoms with E-state index in [0.29, 0.717) is 11.1 Å². The van der Waals surface area contributed by atoms with Gasteiger partial charge in [0.2, 0.25) is 0 Å². The van der Waals surface area contributed by atoms with Gasteiger partial charge in [-0.1, -0.05) is 70.5 Å². The van der Waals surface area contributed by atoms with E-state index in [2.05, 4.69) is 15.9 Å². The van der Waals surface area contributed by atoms with Crippen LogP contribution >= 0.6 is 15.9 Å².